The number of halogens is 2. The maximum atomic E-state index is 14.4. The van der Waals surface area contributed by atoms with Gasteiger partial charge in [0.15, 0.2) is 0 Å². The summed E-state index contributed by atoms with van der Waals surface area (Å²) >= 11 is 7.81. The van der Waals surface area contributed by atoms with Crippen molar-refractivity contribution in [3.8, 4) is 0 Å². The van der Waals surface area contributed by atoms with Crippen LogP contribution in [0.4, 0.5) is 4.39 Å². The van der Waals surface area contributed by atoms with Crippen molar-refractivity contribution in [3.05, 3.63) is 64.4 Å². The van der Waals surface area contributed by atoms with Crippen molar-refractivity contribution in [2.45, 2.75) is 43.5 Å². The molecule has 2 rings (SSSR count). The number of unbranched alkanes of at least 4 members (excludes halogenated alkanes) is 2. The molecule has 0 aliphatic rings. The van der Waals surface area contributed by atoms with Crippen LogP contribution in [-0.4, -0.2) is 23.8 Å². The minimum atomic E-state index is -2.87. The van der Waals surface area contributed by atoms with Crippen molar-refractivity contribution in [2.75, 3.05) is 18.9 Å². The molecule has 2 N–H and O–H groups in total. The van der Waals surface area contributed by atoms with Crippen LogP contribution < -0.4 is 5.32 Å². The lowest BCUT2D eigenvalue weighted by Crippen LogP contribution is -2.16. The Labute approximate surface area is 182 Å². The average Bonchev–Trinajstić information content (AvgIpc) is 2.70. The van der Waals surface area contributed by atoms with E-state index in [1.54, 1.807) is 6.07 Å². The molecule has 0 saturated carbocycles. The Balaban J connectivity index is 1.65. The Morgan fingerprint density at radius 3 is 2.69 bits per heavy atom. The Morgan fingerprint density at radius 1 is 1.14 bits per heavy atom. The summed E-state index contributed by atoms with van der Waals surface area (Å²) in [6.45, 7) is 1.24. The third-order valence-electron chi connectivity index (χ3n) is 4.35. The summed E-state index contributed by atoms with van der Waals surface area (Å²) in [7, 11) is -2.87. The zero-order valence-electron chi connectivity index (χ0n) is 16.3. The van der Waals surface area contributed by atoms with Crippen molar-refractivity contribution in [3.63, 3.8) is 0 Å². The van der Waals surface area contributed by atoms with E-state index in [0.29, 0.717) is 35.0 Å². The molecule has 0 saturated heterocycles. The molecule has 1 unspecified atom stereocenters. The Morgan fingerprint density at radius 2 is 1.93 bits per heavy atom. The molecule has 0 aliphatic carbocycles. The van der Waals surface area contributed by atoms with Crippen molar-refractivity contribution in [2.24, 2.45) is 0 Å². The Kier molecular flexibility index (Phi) is 11.9. The highest BCUT2D eigenvalue weighted by Gasteiger charge is 2.09. The zero-order valence-corrected chi connectivity index (χ0v) is 18.9. The fraction of sp³-hybridized carbons (Fsp3) is 0.429. The fourth-order valence-corrected chi connectivity index (χ4v) is 4.41. The van der Waals surface area contributed by atoms with Crippen molar-refractivity contribution >= 4 is 31.6 Å². The third kappa shape index (κ3) is 10.1. The second kappa shape index (κ2) is 14.2. The highest BCUT2D eigenvalue weighted by atomic mass is 35.5. The van der Waals surface area contributed by atoms with E-state index >= 15 is 0 Å². The molecule has 8 heteroatoms. The molecule has 1 atom stereocenters. The number of hydrogen-bond donors (Lipinski definition) is 2. The van der Waals surface area contributed by atoms with Crippen LogP contribution in [0.25, 0.3) is 0 Å². The molecule has 0 radical (unpaired) electrons. The number of aryl methyl sites for hydroxylation is 1. The third-order valence-corrected chi connectivity index (χ3v) is 6.27. The van der Waals surface area contributed by atoms with Gasteiger partial charge in [0, 0.05) is 16.5 Å². The number of rotatable bonds is 14. The normalized spacial score (nSPS) is 12.2. The van der Waals surface area contributed by atoms with Crippen LogP contribution in [0.3, 0.4) is 0 Å². The van der Waals surface area contributed by atoms with Gasteiger partial charge in [-0.1, -0.05) is 48.4 Å². The van der Waals surface area contributed by atoms with E-state index in [0.717, 1.165) is 31.4 Å². The van der Waals surface area contributed by atoms with E-state index in [1.807, 2.05) is 6.07 Å². The summed E-state index contributed by atoms with van der Waals surface area (Å²) in [5.41, 5.74) is 2.06. The standard InChI is InChI=1S/C21H28ClFNO3PS/c22-19-15-21(29-13-6-2-5-10-17-8-3-1-4-9-17)20(23)14-18(19)16-24-11-7-12-27-28(25)26/h1,3-4,8-9,14-15,24,28H,2,5-7,10-13,16H2,(H,25,26). The van der Waals surface area contributed by atoms with Crippen LogP contribution in [0.2, 0.25) is 5.02 Å². The first-order valence-corrected chi connectivity index (χ1v) is 12.4. The summed E-state index contributed by atoms with van der Waals surface area (Å²) < 4.78 is 29.4. The summed E-state index contributed by atoms with van der Waals surface area (Å²) in [5.74, 6) is 0.621. The van der Waals surface area contributed by atoms with E-state index in [9.17, 15) is 8.96 Å². The molecule has 0 amide bonds. The monoisotopic (exact) mass is 459 g/mol. The van der Waals surface area contributed by atoms with E-state index in [-0.39, 0.29) is 12.4 Å². The number of thioether (sulfide) groups is 1. The minimum absolute atomic E-state index is 0.213. The fourth-order valence-electron chi connectivity index (χ4n) is 2.83. The summed E-state index contributed by atoms with van der Waals surface area (Å²) in [4.78, 5) is 9.16. The molecule has 0 fully saturated rings. The Bertz CT molecular complexity index is 767. The Hall–Kier alpha value is -0.880. The summed E-state index contributed by atoms with van der Waals surface area (Å²) in [6.07, 6.45) is 4.97. The molecule has 2 aromatic rings. The van der Waals surface area contributed by atoms with Gasteiger partial charge in [-0.25, -0.2) is 4.39 Å². The van der Waals surface area contributed by atoms with E-state index in [4.69, 9.17) is 16.5 Å². The van der Waals surface area contributed by atoms with E-state index < -0.39 is 8.25 Å². The predicted octanol–water partition coefficient (Wildman–Crippen LogP) is 5.86. The largest absolute Gasteiger partial charge is 0.326 e. The molecular weight excluding hydrogens is 432 g/mol. The topological polar surface area (TPSA) is 58.6 Å². The highest BCUT2D eigenvalue weighted by Crippen LogP contribution is 2.29. The maximum Gasteiger partial charge on any atom is 0.316 e. The summed E-state index contributed by atoms with van der Waals surface area (Å²) in [6, 6.07) is 13.6. The second-order valence-electron chi connectivity index (χ2n) is 6.66. The maximum absolute atomic E-state index is 14.4. The summed E-state index contributed by atoms with van der Waals surface area (Å²) in [5, 5.41) is 3.68. The van der Waals surface area contributed by atoms with Gasteiger partial charge in [-0.15, -0.1) is 11.8 Å². The predicted molar refractivity (Wildman–Crippen MR) is 120 cm³/mol. The molecule has 0 bridgehead atoms. The molecule has 4 nitrogen and oxygen atoms in total. The molecule has 0 heterocycles. The van der Waals surface area contributed by atoms with Gasteiger partial charge in [-0.2, -0.15) is 0 Å². The van der Waals surface area contributed by atoms with Crippen LogP contribution >= 0.6 is 31.6 Å². The average molecular weight is 460 g/mol. The molecule has 0 spiro atoms. The van der Waals surface area contributed by atoms with Crippen LogP contribution in [0.1, 0.15) is 36.8 Å². The van der Waals surface area contributed by atoms with E-state index in [1.165, 1.54) is 23.4 Å². The lowest BCUT2D eigenvalue weighted by atomic mass is 10.1. The van der Waals surface area contributed by atoms with Gasteiger partial charge in [-0.05, 0) is 61.2 Å². The van der Waals surface area contributed by atoms with E-state index in [2.05, 4.69) is 34.1 Å². The van der Waals surface area contributed by atoms with Crippen LogP contribution in [0.5, 0.6) is 0 Å². The van der Waals surface area contributed by atoms with Gasteiger partial charge in [-0.3, -0.25) is 4.57 Å². The number of benzene rings is 2. The van der Waals surface area contributed by atoms with Gasteiger partial charge in [0.25, 0.3) is 0 Å². The lowest BCUT2D eigenvalue weighted by molar-refractivity contribution is 0.276. The van der Waals surface area contributed by atoms with Crippen molar-refractivity contribution < 1.29 is 18.4 Å². The quantitative estimate of drug-likeness (QED) is 0.210. The zero-order chi connectivity index (χ0) is 20.9. The molecule has 160 valence electrons. The molecule has 0 aliphatic heterocycles. The van der Waals surface area contributed by atoms with Gasteiger partial charge in [0.2, 0.25) is 0 Å². The second-order valence-corrected chi connectivity index (χ2v) is 9.03. The van der Waals surface area contributed by atoms with Crippen LogP contribution in [-0.2, 0) is 22.1 Å². The van der Waals surface area contributed by atoms with Crippen molar-refractivity contribution in [1.29, 1.82) is 0 Å². The number of nitrogens with one attached hydrogen (secondary N) is 1. The minimum Gasteiger partial charge on any atom is -0.326 e. The van der Waals surface area contributed by atoms with Crippen molar-refractivity contribution in [1.82, 2.24) is 5.32 Å². The molecule has 0 aromatic heterocycles. The molecule has 29 heavy (non-hydrogen) atoms. The number of hydrogen-bond acceptors (Lipinski definition) is 4. The van der Waals surface area contributed by atoms with Gasteiger partial charge in [0.1, 0.15) is 5.82 Å². The first kappa shape index (κ1) is 24.4. The first-order valence-electron chi connectivity index (χ1n) is 9.77. The van der Waals surface area contributed by atoms with Gasteiger partial charge >= 0.3 is 8.25 Å². The SMILES string of the molecule is O=[PH](O)OCCCNCc1cc(F)c(SCCCCCc2ccccc2)cc1Cl. The van der Waals surface area contributed by atoms with Gasteiger partial charge < -0.3 is 14.7 Å². The van der Waals surface area contributed by atoms with Crippen LogP contribution in [0, 0.1) is 5.82 Å². The smallest absolute Gasteiger partial charge is 0.316 e. The first-order chi connectivity index (χ1) is 14.1. The molecular formula is C21H28ClFNO3PS. The molecule has 2 aromatic carbocycles. The highest BCUT2D eigenvalue weighted by molar-refractivity contribution is 7.99. The lowest BCUT2D eigenvalue weighted by Gasteiger charge is -2.10. The van der Waals surface area contributed by atoms with Gasteiger partial charge in [0.05, 0.1) is 6.61 Å². The van der Waals surface area contributed by atoms with Crippen LogP contribution in [0.15, 0.2) is 47.4 Å².